The van der Waals surface area contributed by atoms with E-state index in [4.69, 9.17) is 5.11 Å². The molecule has 0 saturated carbocycles. The van der Waals surface area contributed by atoms with E-state index in [0.717, 1.165) is 24.3 Å². The van der Waals surface area contributed by atoms with Crippen molar-refractivity contribution < 1.29 is 5.11 Å². The summed E-state index contributed by atoms with van der Waals surface area (Å²) in [5.74, 6) is 0.869. The Balaban J connectivity index is 2.37. The van der Waals surface area contributed by atoms with E-state index in [1.165, 1.54) is 0 Å². The predicted molar refractivity (Wildman–Crippen MR) is 49.2 cm³/mol. The SMILES string of the molecule is Cc1ccc(NCCCO)nc1. The Bertz CT molecular complexity index is 220. The molecule has 0 aliphatic carbocycles. The van der Waals surface area contributed by atoms with E-state index in [0.29, 0.717) is 0 Å². The number of nitrogens with zero attached hydrogens (tertiary/aromatic N) is 1. The molecular formula is C9H14N2O. The van der Waals surface area contributed by atoms with Crippen LogP contribution < -0.4 is 5.32 Å². The average Bonchev–Trinajstić information content (AvgIpc) is 2.09. The minimum atomic E-state index is 0.221. The standard InChI is InChI=1S/C9H14N2O/c1-8-3-4-9(11-7-8)10-5-2-6-12/h3-4,7,12H,2,5-6H2,1H3,(H,10,11). The molecule has 66 valence electrons. The fourth-order valence-corrected chi connectivity index (χ4v) is 0.868. The lowest BCUT2D eigenvalue weighted by molar-refractivity contribution is 0.292. The molecular weight excluding hydrogens is 152 g/mol. The number of aliphatic hydroxyl groups excluding tert-OH is 1. The Morgan fingerprint density at radius 2 is 2.33 bits per heavy atom. The lowest BCUT2D eigenvalue weighted by Crippen LogP contribution is -2.04. The van der Waals surface area contributed by atoms with E-state index in [1.54, 1.807) is 0 Å². The van der Waals surface area contributed by atoms with Gasteiger partial charge in [0.1, 0.15) is 5.82 Å². The van der Waals surface area contributed by atoms with Crippen LogP contribution in [0, 0.1) is 6.92 Å². The van der Waals surface area contributed by atoms with E-state index in [1.807, 2.05) is 25.3 Å². The zero-order valence-corrected chi connectivity index (χ0v) is 7.25. The van der Waals surface area contributed by atoms with Gasteiger partial charge in [0.2, 0.25) is 0 Å². The number of rotatable bonds is 4. The smallest absolute Gasteiger partial charge is 0.125 e. The van der Waals surface area contributed by atoms with Gasteiger partial charge >= 0.3 is 0 Å². The molecule has 0 bridgehead atoms. The van der Waals surface area contributed by atoms with Gasteiger partial charge in [-0.05, 0) is 25.0 Å². The molecule has 0 unspecified atom stereocenters. The van der Waals surface area contributed by atoms with Crippen LogP contribution in [0.4, 0.5) is 5.82 Å². The number of pyridine rings is 1. The van der Waals surface area contributed by atoms with E-state index in [9.17, 15) is 0 Å². The van der Waals surface area contributed by atoms with Crippen molar-refractivity contribution in [3.8, 4) is 0 Å². The third-order valence-corrected chi connectivity index (χ3v) is 1.55. The molecule has 0 fully saturated rings. The Labute approximate surface area is 72.5 Å². The molecule has 1 rings (SSSR count). The second-order valence-corrected chi connectivity index (χ2v) is 2.72. The molecule has 12 heavy (non-hydrogen) atoms. The Hall–Kier alpha value is -1.09. The number of hydrogen-bond donors (Lipinski definition) is 2. The van der Waals surface area contributed by atoms with Gasteiger partial charge < -0.3 is 10.4 Å². The van der Waals surface area contributed by atoms with Gasteiger partial charge in [-0.25, -0.2) is 4.98 Å². The molecule has 0 aromatic carbocycles. The minimum Gasteiger partial charge on any atom is -0.396 e. The van der Waals surface area contributed by atoms with Crippen LogP contribution in [0.1, 0.15) is 12.0 Å². The summed E-state index contributed by atoms with van der Waals surface area (Å²) in [6.07, 6.45) is 2.58. The van der Waals surface area contributed by atoms with Crippen LogP contribution in [-0.4, -0.2) is 23.2 Å². The van der Waals surface area contributed by atoms with Crippen LogP contribution in [0.3, 0.4) is 0 Å². The highest BCUT2D eigenvalue weighted by molar-refractivity contribution is 5.34. The molecule has 0 aliphatic rings. The molecule has 1 aromatic rings. The summed E-state index contributed by atoms with van der Waals surface area (Å²) in [6, 6.07) is 3.95. The summed E-state index contributed by atoms with van der Waals surface area (Å²) in [4.78, 5) is 4.16. The normalized spacial score (nSPS) is 9.83. The highest BCUT2D eigenvalue weighted by Crippen LogP contribution is 2.02. The van der Waals surface area contributed by atoms with Crippen molar-refractivity contribution in [2.75, 3.05) is 18.5 Å². The van der Waals surface area contributed by atoms with Crippen LogP contribution >= 0.6 is 0 Å². The van der Waals surface area contributed by atoms with Gasteiger partial charge in [-0.1, -0.05) is 6.07 Å². The van der Waals surface area contributed by atoms with Gasteiger partial charge in [-0.2, -0.15) is 0 Å². The van der Waals surface area contributed by atoms with Crippen LogP contribution in [0.5, 0.6) is 0 Å². The van der Waals surface area contributed by atoms with Crippen LogP contribution in [-0.2, 0) is 0 Å². The second-order valence-electron chi connectivity index (χ2n) is 2.72. The quantitative estimate of drug-likeness (QED) is 0.660. The van der Waals surface area contributed by atoms with Crippen molar-refractivity contribution >= 4 is 5.82 Å². The van der Waals surface area contributed by atoms with Gasteiger partial charge in [-0.15, -0.1) is 0 Å². The van der Waals surface area contributed by atoms with E-state index >= 15 is 0 Å². The number of hydrogen-bond acceptors (Lipinski definition) is 3. The first-order valence-corrected chi connectivity index (χ1v) is 4.10. The zero-order valence-electron chi connectivity index (χ0n) is 7.25. The first kappa shape index (κ1) is 9.00. The van der Waals surface area contributed by atoms with Gasteiger partial charge in [0.15, 0.2) is 0 Å². The van der Waals surface area contributed by atoms with E-state index in [-0.39, 0.29) is 6.61 Å². The summed E-state index contributed by atoms with van der Waals surface area (Å²) < 4.78 is 0. The Morgan fingerprint density at radius 3 is 2.92 bits per heavy atom. The van der Waals surface area contributed by atoms with Crippen LogP contribution in [0.2, 0.25) is 0 Å². The number of nitrogens with one attached hydrogen (secondary N) is 1. The summed E-state index contributed by atoms with van der Waals surface area (Å²) in [5.41, 5.74) is 1.16. The largest absolute Gasteiger partial charge is 0.396 e. The fraction of sp³-hybridized carbons (Fsp3) is 0.444. The summed E-state index contributed by atoms with van der Waals surface area (Å²) in [6.45, 7) is 3.00. The summed E-state index contributed by atoms with van der Waals surface area (Å²) in [7, 11) is 0. The third-order valence-electron chi connectivity index (χ3n) is 1.55. The van der Waals surface area contributed by atoms with Gasteiger partial charge in [0.25, 0.3) is 0 Å². The van der Waals surface area contributed by atoms with Crippen molar-refractivity contribution in [1.29, 1.82) is 0 Å². The first-order chi connectivity index (χ1) is 5.83. The van der Waals surface area contributed by atoms with Gasteiger partial charge in [0.05, 0.1) is 0 Å². The molecule has 0 spiro atoms. The molecule has 0 amide bonds. The topological polar surface area (TPSA) is 45.1 Å². The van der Waals surface area contributed by atoms with Gasteiger partial charge in [0, 0.05) is 19.3 Å². The van der Waals surface area contributed by atoms with Crippen LogP contribution in [0.25, 0.3) is 0 Å². The maximum Gasteiger partial charge on any atom is 0.125 e. The third kappa shape index (κ3) is 2.88. The van der Waals surface area contributed by atoms with Crippen LogP contribution in [0.15, 0.2) is 18.3 Å². The lowest BCUT2D eigenvalue weighted by Gasteiger charge is -2.03. The highest BCUT2D eigenvalue weighted by Gasteiger charge is 1.90. The number of aromatic nitrogens is 1. The molecule has 3 nitrogen and oxygen atoms in total. The molecule has 3 heteroatoms. The maximum atomic E-state index is 8.53. The molecule has 0 aliphatic heterocycles. The Kier molecular flexibility index (Phi) is 3.54. The van der Waals surface area contributed by atoms with Crippen molar-refractivity contribution in [3.63, 3.8) is 0 Å². The van der Waals surface area contributed by atoms with Crippen molar-refractivity contribution in [2.45, 2.75) is 13.3 Å². The van der Waals surface area contributed by atoms with Crippen molar-refractivity contribution in [3.05, 3.63) is 23.9 Å². The summed E-state index contributed by atoms with van der Waals surface area (Å²) in [5, 5.41) is 11.6. The monoisotopic (exact) mass is 166 g/mol. The van der Waals surface area contributed by atoms with E-state index < -0.39 is 0 Å². The molecule has 2 N–H and O–H groups in total. The number of aryl methyl sites for hydroxylation is 1. The number of anilines is 1. The van der Waals surface area contributed by atoms with Gasteiger partial charge in [-0.3, -0.25) is 0 Å². The fourth-order valence-electron chi connectivity index (χ4n) is 0.868. The molecule has 0 saturated heterocycles. The molecule has 0 radical (unpaired) electrons. The predicted octanol–water partition coefficient (Wildman–Crippen LogP) is 1.18. The van der Waals surface area contributed by atoms with E-state index in [2.05, 4.69) is 10.3 Å². The first-order valence-electron chi connectivity index (χ1n) is 4.10. The number of aliphatic hydroxyl groups is 1. The minimum absolute atomic E-state index is 0.221. The lowest BCUT2D eigenvalue weighted by atomic mass is 10.3. The maximum absolute atomic E-state index is 8.53. The second kappa shape index (κ2) is 4.72. The van der Waals surface area contributed by atoms with Crippen molar-refractivity contribution in [2.24, 2.45) is 0 Å². The zero-order chi connectivity index (χ0) is 8.81. The molecule has 1 aromatic heterocycles. The summed E-state index contributed by atoms with van der Waals surface area (Å²) >= 11 is 0. The molecule has 1 heterocycles. The highest BCUT2D eigenvalue weighted by atomic mass is 16.3. The average molecular weight is 166 g/mol. The molecule has 0 atom stereocenters. The van der Waals surface area contributed by atoms with Crippen molar-refractivity contribution in [1.82, 2.24) is 4.98 Å². The Morgan fingerprint density at radius 1 is 1.50 bits per heavy atom.